The molecular weight excluding hydrogens is 236 g/mol. The predicted molar refractivity (Wildman–Crippen MR) is 56.6 cm³/mol. The van der Waals surface area contributed by atoms with Crippen LogP contribution in [0.1, 0.15) is 5.56 Å². The molecule has 0 spiro atoms. The van der Waals surface area contributed by atoms with Crippen molar-refractivity contribution in [1.82, 2.24) is 0 Å². The van der Waals surface area contributed by atoms with Crippen LogP contribution in [0, 0.1) is 11.2 Å². The van der Waals surface area contributed by atoms with E-state index in [2.05, 4.69) is 39.7 Å². The van der Waals surface area contributed by atoms with Crippen LogP contribution in [0.4, 0.5) is 0 Å². The number of benzene rings is 1. The molecule has 0 saturated heterocycles. The fourth-order valence-electron chi connectivity index (χ4n) is 0.829. The lowest BCUT2D eigenvalue weighted by molar-refractivity contribution is 0.413. The van der Waals surface area contributed by atoms with Crippen molar-refractivity contribution >= 4 is 28.6 Å². The van der Waals surface area contributed by atoms with E-state index in [0.717, 1.165) is 15.8 Å². The van der Waals surface area contributed by atoms with Crippen molar-refractivity contribution in [3.63, 3.8) is 0 Å². The van der Waals surface area contributed by atoms with Gasteiger partial charge in [-0.2, -0.15) is 0 Å². The second kappa shape index (κ2) is 4.44. The molecule has 0 bridgehead atoms. The van der Waals surface area contributed by atoms with E-state index >= 15 is 0 Å². The van der Waals surface area contributed by atoms with Gasteiger partial charge >= 0.3 is 0 Å². The Balaban J connectivity index is 3.17. The van der Waals surface area contributed by atoms with Crippen molar-refractivity contribution in [1.29, 1.82) is 0 Å². The van der Waals surface area contributed by atoms with Gasteiger partial charge in [0.1, 0.15) is 5.75 Å². The largest absolute Gasteiger partial charge is 0.495 e. The van der Waals surface area contributed by atoms with E-state index in [0.29, 0.717) is 0 Å². The van der Waals surface area contributed by atoms with Crippen molar-refractivity contribution in [3.05, 3.63) is 28.2 Å². The molecule has 1 nitrogen and oxygen atoms in total. The third kappa shape index (κ3) is 2.20. The Morgan fingerprint density at radius 3 is 2.83 bits per heavy atom. The summed E-state index contributed by atoms with van der Waals surface area (Å²) in [5, 5.41) is 2.53. The predicted octanol–water partition coefficient (Wildman–Crippen LogP) is 2.70. The first-order valence-electron chi connectivity index (χ1n) is 3.26. The Kier molecular flexibility index (Phi) is 3.51. The maximum atomic E-state index is 5.11. The first kappa shape index (κ1) is 9.50. The number of halogens is 1. The molecule has 0 amide bonds. The monoisotopic (exact) mass is 242 g/mol. The highest BCUT2D eigenvalue weighted by molar-refractivity contribution is 9.10. The first-order chi connectivity index (χ1) is 5.77. The van der Waals surface area contributed by atoms with Gasteiger partial charge in [0.05, 0.1) is 12.7 Å². The molecule has 0 aliphatic rings. The van der Waals surface area contributed by atoms with Gasteiger partial charge in [0.2, 0.25) is 0 Å². The number of methoxy groups -OCH3 is 1. The van der Waals surface area contributed by atoms with E-state index in [1.807, 2.05) is 18.2 Å². The van der Waals surface area contributed by atoms with E-state index in [4.69, 9.17) is 4.74 Å². The number of rotatable bonds is 1. The summed E-state index contributed by atoms with van der Waals surface area (Å²) in [5.41, 5.74) is 0.843. The molecule has 12 heavy (non-hydrogen) atoms. The summed E-state index contributed by atoms with van der Waals surface area (Å²) in [4.78, 5) is 0. The van der Waals surface area contributed by atoms with Crippen molar-refractivity contribution in [2.24, 2.45) is 0 Å². The second-order valence-electron chi connectivity index (χ2n) is 2.08. The summed E-state index contributed by atoms with van der Waals surface area (Å²) < 4.78 is 6.09. The molecular formula is C9H7BrOS. The normalized spacial score (nSPS) is 8.58. The molecule has 0 aliphatic heterocycles. The molecule has 62 valence electrons. The fraction of sp³-hybridized carbons (Fsp3) is 0.111. The van der Waals surface area contributed by atoms with E-state index in [1.54, 1.807) is 7.11 Å². The summed E-state index contributed by atoms with van der Waals surface area (Å²) >= 11 is 7.16. The minimum Gasteiger partial charge on any atom is -0.495 e. The molecule has 1 rings (SSSR count). The van der Waals surface area contributed by atoms with Crippen molar-refractivity contribution in [2.45, 2.75) is 0 Å². The lowest BCUT2D eigenvalue weighted by Crippen LogP contribution is -1.86. The van der Waals surface area contributed by atoms with E-state index in [-0.39, 0.29) is 0 Å². The highest BCUT2D eigenvalue weighted by Gasteiger charge is 1.99. The van der Waals surface area contributed by atoms with Crippen LogP contribution in [0.5, 0.6) is 5.75 Å². The van der Waals surface area contributed by atoms with Gasteiger partial charge in [-0.15, -0.1) is 0 Å². The van der Waals surface area contributed by atoms with E-state index in [9.17, 15) is 0 Å². The smallest absolute Gasteiger partial charge is 0.135 e. The average Bonchev–Trinajstić information content (AvgIpc) is 2.08. The van der Waals surface area contributed by atoms with Gasteiger partial charge < -0.3 is 4.74 Å². The van der Waals surface area contributed by atoms with Gasteiger partial charge in [-0.3, -0.25) is 0 Å². The molecule has 1 aromatic carbocycles. The maximum absolute atomic E-state index is 5.11. The number of ether oxygens (including phenoxy) is 1. The molecule has 3 heteroatoms. The lowest BCUT2D eigenvalue weighted by Gasteiger charge is -2.02. The van der Waals surface area contributed by atoms with Gasteiger partial charge in [0.15, 0.2) is 0 Å². The van der Waals surface area contributed by atoms with Crippen LogP contribution in [0.3, 0.4) is 0 Å². The third-order valence-electron chi connectivity index (χ3n) is 1.35. The maximum Gasteiger partial charge on any atom is 0.135 e. The first-order valence-corrected chi connectivity index (χ1v) is 4.50. The summed E-state index contributed by atoms with van der Waals surface area (Å²) in [7, 11) is 1.62. The summed E-state index contributed by atoms with van der Waals surface area (Å²) in [6, 6.07) is 5.66. The molecule has 0 saturated carbocycles. The molecule has 0 radical (unpaired) electrons. The molecule has 0 atom stereocenters. The van der Waals surface area contributed by atoms with E-state index in [1.165, 1.54) is 0 Å². The Bertz CT molecular complexity index is 338. The Hall–Kier alpha value is -0.590. The molecule has 0 N–H and O–H groups in total. The van der Waals surface area contributed by atoms with Crippen LogP contribution in [0.15, 0.2) is 22.7 Å². The van der Waals surface area contributed by atoms with Crippen LogP contribution in [-0.2, 0) is 0 Å². The summed E-state index contributed by atoms with van der Waals surface area (Å²) in [6.07, 6.45) is 0. The average molecular weight is 243 g/mol. The highest BCUT2D eigenvalue weighted by Crippen LogP contribution is 2.22. The molecule has 0 unspecified atom stereocenters. The zero-order chi connectivity index (χ0) is 8.97. The van der Waals surface area contributed by atoms with Gasteiger partial charge in [-0.05, 0) is 23.5 Å². The molecule has 1 aromatic rings. The second-order valence-corrected chi connectivity index (χ2v) is 3.22. The minimum atomic E-state index is 0.755. The van der Waals surface area contributed by atoms with E-state index < -0.39 is 0 Å². The summed E-state index contributed by atoms with van der Waals surface area (Å²) in [5.74, 6) is 3.58. The standard InChI is InChI=1S/C9H7BrOS/c1-11-9-6-8(10)3-2-7(9)4-5-12/h2-3,6,12H,1H3. The number of thiol groups is 1. The van der Waals surface area contributed by atoms with Gasteiger partial charge in [0, 0.05) is 4.47 Å². The van der Waals surface area contributed by atoms with Gasteiger partial charge in [-0.1, -0.05) is 34.5 Å². The zero-order valence-corrected chi connectivity index (χ0v) is 8.95. The van der Waals surface area contributed by atoms with Crippen molar-refractivity contribution in [2.75, 3.05) is 7.11 Å². The van der Waals surface area contributed by atoms with Crippen molar-refractivity contribution in [3.8, 4) is 16.9 Å². The number of hydrogen-bond donors (Lipinski definition) is 1. The molecule has 0 fully saturated rings. The van der Waals surface area contributed by atoms with Gasteiger partial charge in [0.25, 0.3) is 0 Å². The van der Waals surface area contributed by atoms with Crippen LogP contribution in [0.25, 0.3) is 0 Å². The van der Waals surface area contributed by atoms with Crippen molar-refractivity contribution < 1.29 is 4.74 Å². The van der Waals surface area contributed by atoms with Gasteiger partial charge in [-0.25, -0.2) is 0 Å². The third-order valence-corrected chi connectivity index (χ3v) is 1.96. The minimum absolute atomic E-state index is 0.755. The fourth-order valence-corrected chi connectivity index (χ4v) is 1.29. The molecule has 0 aromatic heterocycles. The quantitative estimate of drug-likeness (QED) is 0.589. The van der Waals surface area contributed by atoms with Crippen LogP contribution < -0.4 is 4.74 Å². The molecule has 0 aliphatic carbocycles. The lowest BCUT2D eigenvalue weighted by atomic mass is 10.2. The zero-order valence-electron chi connectivity index (χ0n) is 6.47. The Morgan fingerprint density at radius 1 is 1.50 bits per heavy atom. The van der Waals surface area contributed by atoms with Crippen LogP contribution >= 0.6 is 28.6 Å². The van der Waals surface area contributed by atoms with Crippen LogP contribution in [0.2, 0.25) is 0 Å². The molecule has 0 heterocycles. The Morgan fingerprint density at radius 2 is 2.25 bits per heavy atom. The Labute approximate surface area is 85.7 Å². The van der Waals surface area contributed by atoms with Crippen LogP contribution in [-0.4, -0.2) is 7.11 Å². The number of hydrogen-bond acceptors (Lipinski definition) is 2. The topological polar surface area (TPSA) is 9.23 Å². The highest BCUT2D eigenvalue weighted by atomic mass is 79.9. The summed E-state index contributed by atoms with van der Waals surface area (Å²) in [6.45, 7) is 0. The SMILES string of the molecule is COc1cc(Br)ccc1C#CS.